The van der Waals surface area contributed by atoms with Crippen LogP contribution in [-0.4, -0.2) is 36.5 Å². The number of rotatable bonds is 17. The molecule has 0 heterocycles. The van der Waals surface area contributed by atoms with E-state index in [0.29, 0.717) is 21.4 Å². The Balaban J connectivity index is 2.11. The third-order valence-corrected chi connectivity index (χ3v) is 12.2. The molecule has 44 heavy (non-hydrogen) atoms. The highest BCUT2D eigenvalue weighted by atomic mass is 32.7. The van der Waals surface area contributed by atoms with Crippen LogP contribution in [0.15, 0.2) is 101 Å². The Kier molecular flexibility index (Phi) is 15.7. The van der Waals surface area contributed by atoms with Crippen LogP contribution in [0.4, 0.5) is 0 Å². The number of phosphoric ester groups is 1. The lowest BCUT2D eigenvalue weighted by molar-refractivity contribution is 0.167. The van der Waals surface area contributed by atoms with Crippen molar-refractivity contribution in [1.29, 1.82) is 0 Å². The van der Waals surface area contributed by atoms with Gasteiger partial charge in [-0.05, 0) is 57.0 Å². The zero-order valence-corrected chi connectivity index (χ0v) is 28.7. The van der Waals surface area contributed by atoms with Crippen molar-refractivity contribution in [3.05, 3.63) is 108 Å². The van der Waals surface area contributed by atoms with Crippen molar-refractivity contribution in [2.75, 3.05) is 26.4 Å². The molecule has 0 amide bonds. The summed E-state index contributed by atoms with van der Waals surface area (Å²) in [6, 6.07) is 26.5. The average molecular weight is 677 g/mol. The number of allylic oxidation sites excluding steroid dienone is 1. The second-order valence-electron chi connectivity index (χ2n) is 8.61. The highest BCUT2D eigenvalue weighted by molar-refractivity contribution is 8.69. The smallest absolute Gasteiger partial charge is 0.403 e. The third kappa shape index (κ3) is 12.1. The van der Waals surface area contributed by atoms with Gasteiger partial charge in [-0.25, -0.2) is 9.13 Å². The SMILES string of the molecule is CCOP(=O)(OCC)Oc1ccccc1C(/C=C/c1ccccc1)=N/N=C(\SCc1ccccc1)SP(=O)(OCC)OCC. The number of benzene rings is 3. The van der Waals surface area contributed by atoms with Gasteiger partial charge in [-0.1, -0.05) is 90.6 Å². The molecule has 0 saturated heterocycles. The lowest BCUT2D eigenvalue weighted by atomic mass is 10.1. The molecule has 3 rings (SSSR count). The average Bonchev–Trinajstić information content (AvgIpc) is 3.01. The van der Waals surface area contributed by atoms with Crippen LogP contribution in [0.5, 0.6) is 5.75 Å². The predicted molar refractivity (Wildman–Crippen MR) is 184 cm³/mol. The molecule has 0 aromatic heterocycles. The van der Waals surface area contributed by atoms with Crippen molar-refractivity contribution in [3.8, 4) is 5.75 Å². The molecule has 9 nitrogen and oxygen atoms in total. The minimum atomic E-state index is -3.90. The number of hydrogen-bond acceptors (Lipinski definition) is 11. The quantitative estimate of drug-likeness (QED) is 0.0598. The molecule has 0 aliphatic rings. The van der Waals surface area contributed by atoms with Crippen molar-refractivity contribution in [3.63, 3.8) is 0 Å². The van der Waals surface area contributed by atoms with E-state index in [1.165, 1.54) is 11.8 Å². The Morgan fingerprint density at radius 3 is 1.91 bits per heavy atom. The Morgan fingerprint density at radius 1 is 0.727 bits per heavy atom. The molecule has 0 saturated carbocycles. The minimum absolute atomic E-state index is 0.136. The second kappa shape index (κ2) is 19.1. The number of thioether (sulfide) groups is 1. The molecule has 3 aromatic carbocycles. The fraction of sp³-hybridized carbons (Fsp3) is 0.290. The van der Waals surface area contributed by atoms with Gasteiger partial charge in [0.25, 0.3) is 0 Å². The summed E-state index contributed by atoms with van der Waals surface area (Å²) in [7, 11) is -3.90. The van der Waals surface area contributed by atoms with E-state index in [2.05, 4.69) is 10.2 Å². The maximum Gasteiger partial charge on any atom is 0.530 e. The van der Waals surface area contributed by atoms with Crippen LogP contribution in [-0.2, 0) is 33.0 Å². The van der Waals surface area contributed by atoms with E-state index in [4.69, 9.17) is 22.6 Å². The van der Waals surface area contributed by atoms with Gasteiger partial charge < -0.3 is 13.6 Å². The fourth-order valence-electron chi connectivity index (χ4n) is 3.59. The van der Waals surface area contributed by atoms with E-state index in [0.717, 1.165) is 22.5 Å². The normalized spacial score (nSPS) is 13.0. The van der Waals surface area contributed by atoms with E-state index in [9.17, 15) is 9.13 Å². The molecule has 0 aliphatic heterocycles. The van der Waals surface area contributed by atoms with Gasteiger partial charge >= 0.3 is 14.6 Å². The molecule has 3 aromatic rings. The first-order valence-electron chi connectivity index (χ1n) is 14.2. The van der Waals surface area contributed by atoms with Gasteiger partial charge in [0, 0.05) is 22.7 Å². The van der Waals surface area contributed by atoms with E-state index in [1.807, 2.05) is 72.8 Å². The van der Waals surface area contributed by atoms with E-state index < -0.39 is 14.6 Å². The molecule has 0 unspecified atom stereocenters. The molecule has 0 radical (unpaired) electrons. The lowest BCUT2D eigenvalue weighted by Gasteiger charge is -2.19. The Bertz CT molecular complexity index is 1470. The van der Waals surface area contributed by atoms with Crippen LogP contribution in [0.2, 0.25) is 0 Å². The Labute approximate surface area is 268 Å². The van der Waals surface area contributed by atoms with Crippen LogP contribution >= 0.6 is 37.8 Å². The van der Waals surface area contributed by atoms with Crippen LogP contribution in [0, 0.1) is 0 Å². The van der Waals surface area contributed by atoms with Gasteiger partial charge in [-0.3, -0.25) is 9.05 Å². The first-order chi connectivity index (χ1) is 21.3. The van der Waals surface area contributed by atoms with E-state index in [-0.39, 0.29) is 32.2 Å². The number of hydrogen-bond donors (Lipinski definition) is 0. The molecule has 236 valence electrons. The maximum absolute atomic E-state index is 13.5. The molecule has 0 atom stereocenters. The predicted octanol–water partition coefficient (Wildman–Crippen LogP) is 9.87. The van der Waals surface area contributed by atoms with Crippen LogP contribution in [0.3, 0.4) is 0 Å². The lowest BCUT2D eigenvalue weighted by Crippen LogP contribution is -2.06. The molecule has 0 aliphatic carbocycles. The zero-order valence-electron chi connectivity index (χ0n) is 25.2. The van der Waals surface area contributed by atoms with Crippen molar-refractivity contribution in [2.24, 2.45) is 10.2 Å². The topological polar surface area (TPSA) is 105 Å². The molecule has 0 bridgehead atoms. The number of phosphoric acid groups is 1. The minimum Gasteiger partial charge on any atom is -0.403 e. The van der Waals surface area contributed by atoms with Crippen LogP contribution in [0.1, 0.15) is 44.4 Å². The first kappa shape index (κ1) is 36.0. The summed E-state index contributed by atoms with van der Waals surface area (Å²) < 4.78 is 54.8. The number of nitrogens with zero attached hydrogens (tertiary/aromatic N) is 2. The van der Waals surface area contributed by atoms with Crippen molar-refractivity contribution >= 4 is 53.9 Å². The van der Waals surface area contributed by atoms with E-state index in [1.54, 1.807) is 52.0 Å². The van der Waals surface area contributed by atoms with Gasteiger partial charge in [0.2, 0.25) is 0 Å². The molecule has 0 N–H and O–H groups in total. The second-order valence-corrected chi connectivity index (χ2v) is 15.3. The summed E-state index contributed by atoms with van der Waals surface area (Å²) in [5.74, 6) is 0.797. The monoisotopic (exact) mass is 676 g/mol. The highest BCUT2D eigenvalue weighted by Gasteiger charge is 2.30. The zero-order chi connectivity index (χ0) is 31.7. The van der Waals surface area contributed by atoms with Gasteiger partial charge in [-0.2, -0.15) is 0 Å². The van der Waals surface area contributed by atoms with Gasteiger partial charge in [0.1, 0.15) is 5.75 Å². The molecular weight excluding hydrogens is 638 g/mol. The third-order valence-electron chi connectivity index (χ3n) is 5.39. The van der Waals surface area contributed by atoms with Crippen molar-refractivity contribution in [2.45, 2.75) is 33.4 Å². The van der Waals surface area contributed by atoms with Crippen molar-refractivity contribution < 1.29 is 31.7 Å². The fourth-order valence-corrected chi connectivity index (χ4v) is 9.78. The van der Waals surface area contributed by atoms with Gasteiger partial charge in [0.05, 0.1) is 32.1 Å². The first-order valence-corrected chi connectivity index (χ1v) is 19.6. The summed E-state index contributed by atoms with van der Waals surface area (Å²) in [5, 5.41) is 9.15. The summed E-state index contributed by atoms with van der Waals surface area (Å²) in [4.78, 5) is 0. The summed E-state index contributed by atoms with van der Waals surface area (Å²) in [6.07, 6.45) is 3.66. The summed E-state index contributed by atoms with van der Waals surface area (Å²) in [5.41, 5.74) is 2.88. The largest absolute Gasteiger partial charge is 0.530 e. The van der Waals surface area contributed by atoms with Crippen LogP contribution < -0.4 is 4.52 Å². The van der Waals surface area contributed by atoms with E-state index >= 15 is 0 Å². The van der Waals surface area contributed by atoms with Gasteiger partial charge in [-0.15, -0.1) is 10.2 Å². The van der Waals surface area contributed by atoms with Gasteiger partial charge in [0.15, 0.2) is 4.38 Å². The Morgan fingerprint density at radius 2 is 1.30 bits per heavy atom. The molecule has 0 spiro atoms. The summed E-state index contributed by atoms with van der Waals surface area (Å²) in [6.45, 7) is 4.06. The number of para-hydroxylation sites is 1. The maximum atomic E-state index is 13.5. The molecule has 13 heteroatoms. The van der Waals surface area contributed by atoms with Crippen molar-refractivity contribution in [1.82, 2.24) is 0 Å². The molecule has 0 fully saturated rings. The standard InChI is InChI=1S/C31H38N2O7P2S2/c1-5-36-41(34,37-6-2)40-30-22-16-15-21-28(30)29(24-23-26-17-11-9-12-18-26)32-33-31(43-25-27-19-13-10-14-20-27)44-42(35,38-7-3)39-8-4/h9-24H,5-8,25H2,1-4H3/b24-23+,32-29+,33-31+. The van der Waals surface area contributed by atoms with Crippen LogP contribution in [0.25, 0.3) is 6.08 Å². The Hall–Kier alpha value is -2.46. The highest BCUT2D eigenvalue weighted by Crippen LogP contribution is 2.62. The summed E-state index contributed by atoms with van der Waals surface area (Å²) >= 11 is 2.28. The molecular formula is C31H38N2O7P2S2.